The van der Waals surface area contributed by atoms with Crippen LogP contribution in [0.5, 0.6) is 0 Å². The molecule has 5 aromatic carbocycles. The van der Waals surface area contributed by atoms with Crippen LogP contribution in [0, 0.1) is 0 Å². The van der Waals surface area contributed by atoms with Gasteiger partial charge in [0.2, 0.25) is 0 Å². The monoisotopic (exact) mass is 450 g/mol. The van der Waals surface area contributed by atoms with Crippen LogP contribution >= 0.6 is 0 Å². The number of hydrogen-bond acceptors (Lipinski definition) is 4. The maximum absolute atomic E-state index is 5.24. The first-order valence-corrected chi connectivity index (χ1v) is 11.8. The molecule has 0 saturated heterocycles. The molecule has 1 aliphatic rings. The van der Waals surface area contributed by atoms with Gasteiger partial charge in [0.1, 0.15) is 0 Å². The Kier molecular flexibility index (Phi) is 4.39. The Morgan fingerprint density at radius 3 is 1.89 bits per heavy atom. The van der Waals surface area contributed by atoms with Gasteiger partial charge in [-0.15, -0.1) is 0 Å². The number of nitrogens with zero attached hydrogens (tertiary/aromatic N) is 4. The van der Waals surface area contributed by atoms with Gasteiger partial charge in [-0.25, -0.2) is 9.97 Å². The van der Waals surface area contributed by atoms with Crippen molar-refractivity contribution in [2.45, 2.75) is 5.92 Å². The quantitative estimate of drug-likeness (QED) is 0.212. The number of para-hydroxylation sites is 2. The van der Waals surface area contributed by atoms with Gasteiger partial charge in [-0.1, -0.05) is 97.1 Å². The molecular weight excluding hydrogens is 428 g/mol. The molecule has 0 radical (unpaired) electrons. The summed E-state index contributed by atoms with van der Waals surface area (Å²) in [6.07, 6.45) is 0. The van der Waals surface area contributed by atoms with Crippen molar-refractivity contribution in [1.29, 1.82) is 0 Å². The van der Waals surface area contributed by atoms with E-state index in [1.54, 1.807) is 0 Å². The van der Waals surface area contributed by atoms with E-state index in [2.05, 4.69) is 78.9 Å². The lowest BCUT2D eigenvalue weighted by Gasteiger charge is -2.33. The highest BCUT2D eigenvalue weighted by atomic mass is 15.4. The van der Waals surface area contributed by atoms with Crippen LogP contribution < -0.4 is 5.01 Å². The number of fused-ring (bicyclic) bond motifs is 7. The van der Waals surface area contributed by atoms with E-state index in [1.165, 1.54) is 5.56 Å². The largest absolute Gasteiger partial charge is 0.267 e. The number of hydrazone groups is 1. The Morgan fingerprint density at radius 1 is 0.600 bits per heavy atom. The highest BCUT2D eigenvalue weighted by Gasteiger charge is 2.34. The van der Waals surface area contributed by atoms with Gasteiger partial charge in [0, 0.05) is 23.4 Å². The first-order chi connectivity index (χ1) is 17.3. The van der Waals surface area contributed by atoms with E-state index in [0.717, 1.165) is 55.4 Å². The minimum Gasteiger partial charge on any atom is -0.267 e. The molecule has 0 amide bonds. The molecule has 6 aromatic rings. The molecule has 1 aromatic heterocycles. The number of anilines is 1. The summed E-state index contributed by atoms with van der Waals surface area (Å²) in [4.78, 5) is 10.4. The van der Waals surface area contributed by atoms with E-state index in [9.17, 15) is 0 Å². The standard InChI is InChI=1S/C31H22N4/c1-35-31-23-17-9-8-16-22(23)29-30(33-25-19-11-10-18-24(25)32-29)27(31)26(20-12-4-2-5-13-20)28(34-35)21-14-6-3-7-15-21/h2-19,26H,1H3. The summed E-state index contributed by atoms with van der Waals surface area (Å²) in [5.41, 5.74) is 9.22. The van der Waals surface area contributed by atoms with Crippen molar-refractivity contribution in [3.8, 4) is 0 Å². The predicted octanol–water partition coefficient (Wildman–Crippen LogP) is 6.92. The number of rotatable bonds is 2. The molecule has 0 spiro atoms. The van der Waals surface area contributed by atoms with Crippen LogP contribution in [0.1, 0.15) is 22.6 Å². The molecule has 1 aliphatic heterocycles. The van der Waals surface area contributed by atoms with Crippen molar-refractivity contribution in [2.75, 3.05) is 12.1 Å². The molecule has 0 saturated carbocycles. The Morgan fingerprint density at radius 2 is 1.17 bits per heavy atom. The van der Waals surface area contributed by atoms with Crippen molar-refractivity contribution >= 4 is 44.2 Å². The maximum atomic E-state index is 5.24. The molecule has 2 heterocycles. The van der Waals surface area contributed by atoms with Gasteiger partial charge in [-0.2, -0.15) is 5.10 Å². The second-order valence-corrected chi connectivity index (χ2v) is 8.94. The minimum absolute atomic E-state index is 0.0765. The summed E-state index contributed by atoms with van der Waals surface area (Å²) in [7, 11) is 2.04. The van der Waals surface area contributed by atoms with Crippen LogP contribution in [0.2, 0.25) is 0 Å². The maximum Gasteiger partial charge on any atom is 0.0977 e. The fraction of sp³-hybridized carbons (Fsp3) is 0.0645. The lowest BCUT2D eigenvalue weighted by Crippen LogP contribution is -2.28. The van der Waals surface area contributed by atoms with E-state index < -0.39 is 0 Å². The third kappa shape index (κ3) is 3.03. The van der Waals surface area contributed by atoms with Crippen molar-refractivity contribution < 1.29 is 0 Å². The van der Waals surface area contributed by atoms with Gasteiger partial charge in [0.05, 0.1) is 39.4 Å². The SMILES string of the molecule is CN1N=C(c2ccccc2)C(c2ccccc2)c2c1c1ccccc1c1nc3ccccc3nc21. The van der Waals surface area contributed by atoms with Crippen LogP contribution in [0.3, 0.4) is 0 Å². The molecule has 7 rings (SSSR count). The molecule has 1 unspecified atom stereocenters. The Bertz CT molecular complexity index is 1760. The van der Waals surface area contributed by atoms with Gasteiger partial charge in [0.15, 0.2) is 0 Å². The summed E-state index contributed by atoms with van der Waals surface area (Å²) < 4.78 is 0. The molecule has 0 bridgehead atoms. The normalized spacial score (nSPS) is 15.4. The predicted molar refractivity (Wildman–Crippen MR) is 144 cm³/mol. The Labute approximate surface area is 203 Å². The average molecular weight is 451 g/mol. The molecule has 4 heteroatoms. The first-order valence-electron chi connectivity index (χ1n) is 11.8. The topological polar surface area (TPSA) is 41.4 Å². The average Bonchev–Trinajstić information content (AvgIpc) is 2.93. The van der Waals surface area contributed by atoms with E-state index >= 15 is 0 Å². The second-order valence-electron chi connectivity index (χ2n) is 8.94. The summed E-state index contributed by atoms with van der Waals surface area (Å²) in [5.74, 6) is -0.0765. The van der Waals surface area contributed by atoms with E-state index in [-0.39, 0.29) is 5.92 Å². The number of aromatic nitrogens is 2. The second kappa shape index (κ2) is 7.74. The zero-order valence-corrected chi connectivity index (χ0v) is 19.3. The third-order valence-electron chi connectivity index (χ3n) is 6.86. The highest BCUT2D eigenvalue weighted by molar-refractivity contribution is 6.19. The zero-order valence-electron chi connectivity index (χ0n) is 19.3. The zero-order chi connectivity index (χ0) is 23.4. The lowest BCUT2D eigenvalue weighted by atomic mass is 9.80. The Hall–Kier alpha value is -4.57. The van der Waals surface area contributed by atoms with Crippen LogP contribution in [0.15, 0.2) is 114 Å². The van der Waals surface area contributed by atoms with E-state index in [0.29, 0.717) is 0 Å². The van der Waals surface area contributed by atoms with Crippen molar-refractivity contribution in [1.82, 2.24) is 9.97 Å². The summed E-state index contributed by atoms with van der Waals surface area (Å²) in [6, 6.07) is 37.7. The molecule has 0 fully saturated rings. The fourth-order valence-electron chi connectivity index (χ4n) is 5.36. The van der Waals surface area contributed by atoms with Crippen LogP contribution in [-0.4, -0.2) is 22.7 Å². The van der Waals surface area contributed by atoms with Crippen LogP contribution in [-0.2, 0) is 0 Å². The van der Waals surface area contributed by atoms with Crippen LogP contribution in [0.25, 0.3) is 32.8 Å². The van der Waals surface area contributed by atoms with Gasteiger partial charge in [-0.3, -0.25) is 5.01 Å². The van der Waals surface area contributed by atoms with E-state index in [1.807, 2.05) is 42.4 Å². The van der Waals surface area contributed by atoms with Crippen molar-refractivity contribution in [3.63, 3.8) is 0 Å². The molecule has 35 heavy (non-hydrogen) atoms. The highest BCUT2D eigenvalue weighted by Crippen LogP contribution is 2.47. The van der Waals surface area contributed by atoms with Crippen molar-refractivity contribution in [3.05, 3.63) is 126 Å². The fourth-order valence-corrected chi connectivity index (χ4v) is 5.36. The Balaban J connectivity index is 1.67. The van der Waals surface area contributed by atoms with Gasteiger partial charge in [0.25, 0.3) is 0 Å². The molecule has 0 N–H and O–H groups in total. The summed E-state index contributed by atoms with van der Waals surface area (Å²) in [6.45, 7) is 0. The lowest BCUT2D eigenvalue weighted by molar-refractivity contribution is 0.928. The number of benzene rings is 5. The van der Waals surface area contributed by atoms with Crippen molar-refractivity contribution in [2.24, 2.45) is 5.10 Å². The molecular formula is C31H22N4. The van der Waals surface area contributed by atoms with E-state index in [4.69, 9.17) is 15.1 Å². The van der Waals surface area contributed by atoms with Gasteiger partial charge < -0.3 is 0 Å². The number of hydrogen-bond donors (Lipinski definition) is 0. The smallest absolute Gasteiger partial charge is 0.0977 e. The minimum atomic E-state index is -0.0765. The van der Waals surface area contributed by atoms with Crippen LogP contribution in [0.4, 0.5) is 5.69 Å². The molecule has 1 atom stereocenters. The summed E-state index contributed by atoms with van der Waals surface area (Å²) >= 11 is 0. The summed E-state index contributed by atoms with van der Waals surface area (Å²) in [5, 5.41) is 9.43. The molecule has 166 valence electrons. The third-order valence-corrected chi connectivity index (χ3v) is 6.86. The molecule has 4 nitrogen and oxygen atoms in total. The van der Waals surface area contributed by atoms with Gasteiger partial charge >= 0.3 is 0 Å². The molecule has 0 aliphatic carbocycles. The first kappa shape index (κ1) is 19.9. The van der Waals surface area contributed by atoms with Gasteiger partial charge in [-0.05, 0) is 23.3 Å².